The van der Waals surface area contributed by atoms with Crippen molar-refractivity contribution in [3.05, 3.63) is 83.1 Å². The number of benzene rings is 2. The predicted octanol–water partition coefficient (Wildman–Crippen LogP) is 5.48. The van der Waals surface area contributed by atoms with Gasteiger partial charge in [-0.05, 0) is 88.8 Å². The number of fused-ring (bicyclic) bond motifs is 2. The first-order valence-corrected chi connectivity index (χ1v) is 15.6. The number of unbranched alkanes of at least 4 members (excludes halogenated alkanes) is 1. The number of nitrogens with zero attached hydrogens (tertiary/aromatic N) is 1. The van der Waals surface area contributed by atoms with Gasteiger partial charge in [0, 0.05) is 24.7 Å². The van der Waals surface area contributed by atoms with E-state index >= 15 is 0 Å². The fourth-order valence-electron chi connectivity index (χ4n) is 6.27. The fourth-order valence-corrected chi connectivity index (χ4v) is 6.27. The van der Waals surface area contributed by atoms with E-state index in [2.05, 4.69) is 58.6 Å². The van der Waals surface area contributed by atoms with Gasteiger partial charge in [-0.2, -0.15) is 0 Å². The van der Waals surface area contributed by atoms with Crippen LogP contribution in [0.1, 0.15) is 74.5 Å². The van der Waals surface area contributed by atoms with Crippen LogP contribution in [0.4, 0.5) is 5.82 Å². The number of aromatic nitrogens is 1. The molecule has 0 fully saturated rings. The standard InChI is InChI=1S/C35H46N6O3/c1-2-3-6-29(36)7-4-8-30-26(13-12-25-18-24-11-10-23(14-16-42)17-27(24)19-31(25)30)20-32(41-33-9-5-15-39-33)28(21-34(43)44)22-40-35(37)38/h5,9-13,15-19,21,26,29-30,32,39,41H,2-4,6-8,14,20,22,36H2,1H3,(H,43,44)(H4,37,38,40)/b28-21+/t26-,29-,30-,32+/m0/s1. The maximum Gasteiger partial charge on any atom is 0.328 e. The van der Waals surface area contributed by atoms with Crippen molar-refractivity contribution in [2.24, 2.45) is 28.1 Å². The van der Waals surface area contributed by atoms with E-state index in [0.717, 1.165) is 67.0 Å². The molecule has 0 unspecified atom stereocenters. The largest absolute Gasteiger partial charge is 0.478 e. The number of nitrogens with two attached hydrogens (primary N) is 3. The number of allylic oxidation sites excluding steroid dienone is 1. The Balaban J connectivity index is 1.70. The molecule has 1 aliphatic carbocycles. The lowest BCUT2D eigenvalue weighted by Crippen LogP contribution is -2.31. The molecule has 0 saturated carbocycles. The number of H-pyrrole nitrogens is 1. The molecule has 0 saturated heterocycles. The number of carboxylic acids is 1. The molecule has 9 nitrogen and oxygen atoms in total. The van der Waals surface area contributed by atoms with Crippen molar-refractivity contribution in [1.29, 1.82) is 0 Å². The molecule has 0 aliphatic heterocycles. The highest BCUT2D eigenvalue weighted by Crippen LogP contribution is 2.42. The third-order valence-corrected chi connectivity index (χ3v) is 8.52. The van der Waals surface area contributed by atoms with Gasteiger partial charge < -0.3 is 37.4 Å². The van der Waals surface area contributed by atoms with Gasteiger partial charge in [0.05, 0.1) is 12.6 Å². The van der Waals surface area contributed by atoms with Gasteiger partial charge in [0.25, 0.3) is 0 Å². The molecule has 4 rings (SSSR count). The van der Waals surface area contributed by atoms with Crippen LogP contribution in [0, 0.1) is 5.92 Å². The molecule has 44 heavy (non-hydrogen) atoms. The van der Waals surface area contributed by atoms with E-state index in [1.165, 1.54) is 17.2 Å². The molecule has 1 heterocycles. The van der Waals surface area contributed by atoms with Gasteiger partial charge in [0.15, 0.2) is 5.96 Å². The second-order valence-electron chi connectivity index (χ2n) is 11.8. The molecule has 1 aliphatic rings. The van der Waals surface area contributed by atoms with Crippen LogP contribution >= 0.6 is 0 Å². The Morgan fingerprint density at radius 1 is 1.14 bits per heavy atom. The van der Waals surface area contributed by atoms with Crippen LogP contribution in [-0.4, -0.2) is 46.9 Å². The first-order chi connectivity index (χ1) is 21.3. The second-order valence-corrected chi connectivity index (χ2v) is 11.8. The van der Waals surface area contributed by atoms with Gasteiger partial charge in [-0.3, -0.25) is 0 Å². The zero-order valence-corrected chi connectivity index (χ0v) is 25.5. The topological polar surface area (TPSA) is 173 Å². The number of anilines is 1. The number of hydrogen-bond acceptors (Lipinski definition) is 5. The Labute approximate surface area is 259 Å². The van der Waals surface area contributed by atoms with Crippen molar-refractivity contribution in [2.75, 3.05) is 11.9 Å². The zero-order valence-electron chi connectivity index (χ0n) is 25.5. The van der Waals surface area contributed by atoms with Crippen LogP contribution in [0.25, 0.3) is 16.8 Å². The smallest absolute Gasteiger partial charge is 0.328 e. The highest BCUT2D eigenvalue weighted by atomic mass is 16.4. The van der Waals surface area contributed by atoms with Crippen molar-refractivity contribution in [1.82, 2.24) is 4.98 Å². The number of carboxylic acid groups (broad SMARTS) is 1. The maximum absolute atomic E-state index is 11.9. The Kier molecular flexibility index (Phi) is 11.8. The number of guanidine groups is 1. The number of nitrogens with one attached hydrogen (secondary N) is 2. The summed E-state index contributed by atoms with van der Waals surface area (Å²) >= 11 is 0. The minimum Gasteiger partial charge on any atom is -0.478 e. The number of aliphatic carboxylic acids is 1. The van der Waals surface area contributed by atoms with Crippen LogP contribution in [0.3, 0.4) is 0 Å². The Bertz CT molecular complexity index is 1490. The number of hydrogen-bond donors (Lipinski definition) is 6. The van der Waals surface area contributed by atoms with Gasteiger partial charge in [-0.15, -0.1) is 0 Å². The van der Waals surface area contributed by atoms with E-state index in [4.69, 9.17) is 17.2 Å². The highest BCUT2D eigenvalue weighted by Gasteiger charge is 2.30. The maximum atomic E-state index is 11.9. The molecule has 0 amide bonds. The van der Waals surface area contributed by atoms with E-state index in [9.17, 15) is 14.7 Å². The van der Waals surface area contributed by atoms with Crippen molar-refractivity contribution in [2.45, 2.75) is 76.3 Å². The van der Waals surface area contributed by atoms with E-state index in [1.807, 2.05) is 24.4 Å². The normalized spacial score (nSPS) is 17.5. The molecule has 9 N–H and O–H groups in total. The molecule has 0 radical (unpaired) electrons. The minimum absolute atomic E-state index is 0.0706. The number of carbonyl (C=O) groups excluding carboxylic acids is 1. The predicted molar refractivity (Wildman–Crippen MR) is 180 cm³/mol. The first-order valence-electron chi connectivity index (χ1n) is 15.6. The first kappa shape index (κ1) is 32.5. The molecule has 0 spiro atoms. The number of aromatic amines is 1. The van der Waals surface area contributed by atoms with Crippen LogP contribution < -0.4 is 22.5 Å². The number of aldehydes is 1. The summed E-state index contributed by atoms with van der Waals surface area (Å²) < 4.78 is 0. The summed E-state index contributed by atoms with van der Waals surface area (Å²) in [5.41, 5.74) is 21.8. The summed E-state index contributed by atoms with van der Waals surface area (Å²) in [4.78, 5) is 30.4. The third-order valence-electron chi connectivity index (χ3n) is 8.52. The van der Waals surface area contributed by atoms with E-state index < -0.39 is 5.97 Å². The zero-order chi connectivity index (χ0) is 31.5. The number of carbonyl (C=O) groups is 2. The monoisotopic (exact) mass is 598 g/mol. The molecule has 9 heteroatoms. The summed E-state index contributed by atoms with van der Waals surface area (Å²) in [7, 11) is 0. The van der Waals surface area contributed by atoms with Crippen molar-refractivity contribution >= 4 is 40.9 Å². The van der Waals surface area contributed by atoms with Gasteiger partial charge in [-0.1, -0.05) is 62.6 Å². The van der Waals surface area contributed by atoms with Crippen LogP contribution in [0.2, 0.25) is 0 Å². The van der Waals surface area contributed by atoms with E-state index in [1.54, 1.807) is 0 Å². The molecular weight excluding hydrogens is 552 g/mol. The molecule has 2 aromatic carbocycles. The van der Waals surface area contributed by atoms with Crippen LogP contribution in [0.15, 0.2) is 71.4 Å². The Morgan fingerprint density at radius 2 is 1.95 bits per heavy atom. The lowest BCUT2D eigenvalue weighted by atomic mass is 9.72. The van der Waals surface area contributed by atoms with Crippen molar-refractivity contribution in [3.8, 4) is 0 Å². The second kappa shape index (κ2) is 15.9. The summed E-state index contributed by atoms with van der Waals surface area (Å²) in [6.07, 6.45) is 15.6. The number of rotatable bonds is 17. The summed E-state index contributed by atoms with van der Waals surface area (Å²) in [5, 5.41) is 15.5. The van der Waals surface area contributed by atoms with Crippen molar-refractivity contribution < 1.29 is 14.7 Å². The molecule has 0 bridgehead atoms. The van der Waals surface area contributed by atoms with E-state index in [0.29, 0.717) is 18.4 Å². The highest BCUT2D eigenvalue weighted by molar-refractivity contribution is 5.88. The van der Waals surface area contributed by atoms with Crippen LogP contribution in [0.5, 0.6) is 0 Å². The summed E-state index contributed by atoms with van der Waals surface area (Å²) in [6.45, 7) is 2.26. The average Bonchev–Trinajstić information content (AvgIpc) is 3.51. The van der Waals surface area contributed by atoms with Crippen molar-refractivity contribution in [3.63, 3.8) is 0 Å². The van der Waals surface area contributed by atoms with Crippen LogP contribution in [-0.2, 0) is 16.0 Å². The molecule has 3 aromatic rings. The lowest BCUT2D eigenvalue weighted by molar-refractivity contribution is -0.131. The summed E-state index contributed by atoms with van der Waals surface area (Å²) in [5.74, 6) is -0.0693. The lowest BCUT2D eigenvalue weighted by Gasteiger charge is -2.34. The van der Waals surface area contributed by atoms with E-state index in [-0.39, 0.29) is 36.4 Å². The molecule has 1 aromatic heterocycles. The molecule has 234 valence electrons. The quantitative estimate of drug-likeness (QED) is 0.0516. The number of aliphatic imine (C=N–C) groups is 1. The van der Waals surface area contributed by atoms with Gasteiger partial charge in [-0.25, -0.2) is 9.79 Å². The SMILES string of the molecule is CCCC[C@H](N)CCC[C@@H]1c2cc3cc(CC=O)ccc3cc2C=C[C@H]1C[C@@H](Nc1ccc[nH]1)/C(=C/C(=O)O)CN=C(N)N. The third kappa shape index (κ3) is 9.07. The molecular formula is C35H46N6O3. The van der Waals surface area contributed by atoms with Gasteiger partial charge in [0.2, 0.25) is 0 Å². The fraction of sp³-hybridized carbons (Fsp3) is 0.400. The average molecular weight is 599 g/mol. The molecule has 4 atom stereocenters. The Hall–Kier alpha value is -4.37. The Morgan fingerprint density at radius 3 is 2.66 bits per heavy atom. The van der Waals surface area contributed by atoms with Gasteiger partial charge >= 0.3 is 5.97 Å². The minimum atomic E-state index is -1.05. The van der Waals surface area contributed by atoms with Gasteiger partial charge in [0.1, 0.15) is 12.1 Å². The summed E-state index contributed by atoms with van der Waals surface area (Å²) in [6, 6.07) is 14.3.